The van der Waals surface area contributed by atoms with Crippen LogP contribution in [0.2, 0.25) is 0 Å². The molecule has 98 valence electrons. The number of aliphatic hydroxyl groups is 1. The van der Waals surface area contributed by atoms with Crippen molar-refractivity contribution >= 4 is 11.6 Å². The zero-order chi connectivity index (χ0) is 13.0. The molecule has 0 bridgehead atoms. The van der Waals surface area contributed by atoms with Gasteiger partial charge in [0.2, 0.25) is 0 Å². The zero-order valence-electron chi connectivity index (χ0n) is 10.3. The molecule has 1 aliphatic rings. The van der Waals surface area contributed by atoms with Gasteiger partial charge in [-0.25, -0.2) is 4.98 Å². The predicted molar refractivity (Wildman–Crippen MR) is 69.0 cm³/mol. The second-order valence-electron chi connectivity index (χ2n) is 4.73. The van der Waals surface area contributed by atoms with Crippen LogP contribution in [0.5, 0.6) is 0 Å². The van der Waals surface area contributed by atoms with Gasteiger partial charge in [0.25, 0.3) is 5.91 Å². The summed E-state index contributed by atoms with van der Waals surface area (Å²) in [6.45, 7) is 0. The van der Waals surface area contributed by atoms with E-state index in [1.165, 1.54) is 6.20 Å². The second kappa shape index (κ2) is 5.82. The lowest BCUT2D eigenvalue weighted by Gasteiger charge is -2.21. The molecule has 0 saturated heterocycles. The van der Waals surface area contributed by atoms with Gasteiger partial charge in [-0.1, -0.05) is 19.3 Å². The van der Waals surface area contributed by atoms with E-state index >= 15 is 0 Å². The largest absolute Gasteiger partial charge is 0.397 e. The highest BCUT2D eigenvalue weighted by atomic mass is 16.3. The number of hydrogen-bond acceptors (Lipinski definition) is 4. The maximum atomic E-state index is 12.0. The van der Waals surface area contributed by atoms with Crippen molar-refractivity contribution in [3.05, 3.63) is 24.0 Å². The van der Waals surface area contributed by atoms with Crippen LogP contribution in [-0.4, -0.2) is 28.1 Å². The summed E-state index contributed by atoms with van der Waals surface area (Å²) in [5.41, 5.74) is 6.30. The van der Waals surface area contributed by atoms with E-state index in [9.17, 15) is 9.90 Å². The van der Waals surface area contributed by atoms with Crippen molar-refractivity contribution in [2.24, 2.45) is 0 Å². The number of amides is 1. The highest BCUT2D eigenvalue weighted by Crippen LogP contribution is 2.18. The molecule has 1 saturated carbocycles. The van der Waals surface area contributed by atoms with Crippen LogP contribution in [-0.2, 0) is 0 Å². The molecule has 1 aromatic heterocycles. The number of nitrogens with zero attached hydrogens (tertiary/aromatic N) is 1. The van der Waals surface area contributed by atoms with Crippen LogP contribution in [0.15, 0.2) is 18.3 Å². The second-order valence-corrected chi connectivity index (χ2v) is 4.73. The molecule has 4 N–H and O–H groups in total. The average molecular weight is 249 g/mol. The quantitative estimate of drug-likeness (QED) is 0.684. The van der Waals surface area contributed by atoms with Crippen molar-refractivity contribution in [1.29, 1.82) is 0 Å². The van der Waals surface area contributed by atoms with Gasteiger partial charge in [-0.05, 0) is 25.0 Å². The van der Waals surface area contributed by atoms with Crippen LogP contribution in [0.3, 0.4) is 0 Å². The van der Waals surface area contributed by atoms with E-state index in [2.05, 4.69) is 10.3 Å². The summed E-state index contributed by atoms with van der Waals surface area (Å²) in [5.74, 6) is -0.306. The van der Waals surface area contributed by atoms with Gasteiger partial charge in [-0.3, -0.25) is 4.79 Å². The molecule has 1 heterocycles. The lowest BCUT2D eigenvalue weighted by Crippen LogP contribution is -2.43. The highest BCUT2D eigenvalue weighted by Gasteiger charge is 2.24. The summed E-state index contributed by atoms with van der Waals surface area (Å²) in [5, 5.41) is 12.8. The third-order valence-electron chi connectivity index (χ3n) is 3.35. The number of pyridine rings is 1. The van der Waals surface area contributed by atoms with E-state index in [4.69, 9.17) is 5.73 Å². The summed E-state index contributed by atoms with van der Waals surface area (Å²) in [6, 6.07) is 3.14. The lowest BCUT2D eigenvalue weighted by molar-refractivity contribution is 0.0815. The first-order valence-electron chi connectivity index (χ1n) is 6.38. The normalized spacial score (nSPS) is 24.3. The Hall–Kier alpha value is -1.62. The van der Waals surface area contributed by atoms with Crippen LogP contribution in [0.4, 0.5) is 5.69 Å². The molecule has 5 nitrogen and oxygen atoms in total. The molecule has 2 atom stereocenters. The number of nitrogen functional groups attached to an aromatic ring is 1. The van der Waals surface area contributed by atoms with E-state index in [1.807, 2.05) is 0 Å². The Morgan fingerprint density at radius 1 is 1.39 bits per heavy atom. The minimum Gasteiger partial charge on any atom is -0.397 e. The minimum atomic E-state index is -0.471. The number of hydrogen-bond donors (Lipinski definition) is 3. The first-order chi connectivity index (χ1) is 8.68. The van der Waals surface area contributed by atoms with Crippen LogP contribution >= 0.6 is 0 Å². The molecule has 2 unspecified atom stereocenters. The van der Waals surface area contributed by atoms with Crippen molar-refractivity contribution in [1.82, 2.24) is 10.3 Å². The van der Waals surface area contributed by atoms with Gasteiger partial charge in [0.05, 0.1) is 17.8 Å². The summed E-state index contributed by atoms with van der Waals surface area (Å²) >= 11 is 0. The van der Waals surface area contributed by atoms with Crippen molar-refractivity contribution < 1.29 is 9.90 Å². The summed E-state index contributed by atoms with van der Waals surface area (Å²) in [7, 11) is 0. The van der Waals surface area contributed by atoms with Crippen LogP contribution in [0, 0.1) is 0 Å². The van der Waals surface area contributed by atoms with Crippen LogP contribution < -0.4 is 11.1 Å². The average Bonchev–Trinajstić information content (AvgIpc) is 2.55. The van der Waals surface area contributed by atoms with Gasteiger partial charge in [0.1, 0.15) is 0 Å². The number of rotatable bonds is 2. The molecule has 1 amide bonds. The SMILES string of the molecule is Nc1cccnc1C(=O)NC1CCCCCC1O. The van der Waals surface area contributed by atoms with Gasteiger partial charge in [0.15, 0.2) is 5.69 Å². The molecule has 1 aliphatic carbocycles. The molecule has 18 heavy (non-hydrogen) atoms. The first kappa shape index (κ1) is 12.8. The molecule has 5 heteroatoms. The van der Waals surface area contributed by atoms with Crippen molar-refractivity contribution in [2.45, 2.75) is 44.2 Å². The lowest BCUT2D eigenvalue weighted by atomic mass is 10.1. The standard InChI is InChI=1S/C13H19N3O2/c14-9-5-4-8-15-12(9)13(18)16-10-6-2-1-3-7-11(10)17/h4-5,8,10-11,17H,1-3,6-7,14H2,(H,16,18). The molecule has 0 aliphatic heterocycles. The van der Waals surface area contributed by atoms with E-state index < -0.39 is 6.10 Å². The molecular formula is C13H19N3O2. The number of nitrogens with two attached hydrogens (primary N) is 1. The van der Waals surface area contributed by atoms with Crippen LogP contribution in [0.1, 0.15) is 42.6 Å². The van der Waals surface area contributed by atoms with Gasteiger partial charge in [-0.15, -0.1) is 0 Å². The monoisotopic (exact) mass is 249 g/mol. The number of carbonyl (C=O) groups excluding carboxylic acids is 1. The molecule has 1 aromatic rings. The Labute approximate surface area is 106 Å². The maximum absolute atomic E-state index is 12.0. The fourth-order valence-electron chi connectivity index (χ4n) is 2.30. The van der Waals surface area contributed by atoms with E-state index in [0.717, 1.165) is 32.1 Å². The van der Waals surface area contributed by atoms with Gasteiger partial charge < -0.3 is 16.2 Å². The topological polar surface area (TPSA) is 88.2 Å². The number of nitrogens with one attached hydrogen (secondary N) is 1. The molecular weight excluding hydrogens is 230 g/mol. The summed E-state index contributed by atoms with van der Waals surface area (Å²) in [4.78, 5) is 16.0. The maximum Gasteiger partial charge on any atom is 0.272 e. The minimum absolute atomic E-state index is 0.193. The number of aliphatic hydroxyl groups excluding tert-OH is 1. The first-order valence-corrected chi connectivity index (χ1v) is 6.38. The Morgan fingerprint density at radius 2 is 2.17 bits per heavy atom. The smallest absolute Gasteiger partial charge is 0.272 e. The fourth-order valence-corrected chi connectivity index (χ4v) is 2.30. The number of anilines is 1. The predicted octanol–water partition coefficient (Wildman–Crippen LogP) is 1.09. The third kappa shape index (κ3) is 2.98. The molecule has 1 fully saturated rings. The Bertz CT molecular complexity index is 422. The van der Waals surface area contributed by atoms with E-state index in [-0.39, 0.29) is 17.6 Å². The Balaban J connectivity index is 2.04. The number of aromatic nitrogens is 1. The van der Waals surface area contributed by atoms with Crippen LogP contribution in [0.25, 0.3) is 0 Å². The Morgan fingerprint density at radius 3 is 2.94 bits per heavy atom. The van der Waals surface area contributed by atoms with Gasteiger partial charge >= 0.3 is 0 Å². The fraction of sp³-hybridized carbons (Fsp3) is 0.538. The van der Waals surface area contributed by atoms with E-state index in [0.29, 0.717) is 5.69 Å². The van der Waals surface area contributed by atoms with Gasteiger partial charge in [-0.2, -0.15) is 0 Å². The molecule has 0 radical (unpaired) electrons. The van der Waals surface area contributed by atoms with Crippen molar-refractivity contribution in [3.63, 3.8) is 0 Å². The summed E-state index contributed by atoms with van der Waals surface area (Å²) in [6.07, 6.45) is 5.76. The zero-order valence-corrected chi connectivity index (χ0v) is 10.3. The van der Waals surface area contributed by atoms with Gasteiger partial charge in [0, 0.05) is 6.20 Å². The Kier molecular flexibility index (Phi) is 4.15. The molecule has 0 aromatic carbocycles. The third-order valence-corrected chi connectivity index (χ3v) is 3.35. The molecule has 2 rings (SSSR count). The number of carbonyl (C=O) groups is 1. The van der Waals surface area contributed by atoms with Crippen molar-refractivity contribution in [3.8, 4) is 0 Å². The molecule has 0 spiro atoms. The highest BCUT2D eigenvalue weighted by molar-refractivity contribution is 5.97. The van der Waals surface area contributed by atoms with Crippen molar-refractivity contribution in [2.75, 3.05) is 5.73 Å². The van der Waals surface area contributed by atoms with E-state index in [1.54, 1.807) is 12.1 Å². The summed E-state index contributed by atoms with van der Waals surface area (Å²) < 4.78 is 0.